The minimum Gasteiger partial charge on any atom is -0.371 e. The molecule has 23 heavy (non-hydrogen) atoms. The molecule has 1 fully saturated rings. The Balaban J connectivity index is 1.86. The summed E-state index contributed by atoms with van der Waals surface area (Å²) >= 11 is 16.5. The summed E-state index contributed by atoms with van der Waals surface area (Å²) in [6, 6.07) is 8.45. The summed E-state index contributed by atoms with van der Waals surface area (Å²) in [5.41, 5.74) is 0.773. The molecular formula is C14H12BrCl2NO3S2. The Kier molecular flexibility index (Phi) is 5.37. The molecule has 1 saturated heterocycles. The molecule has 0 bridgehead atoms. The van der Waals surface area contributed by atoms with E-state index in [0.717, 1.165) is 9.35 Å². The average Bonchev–Trinajstić information content (AvgIpc) is 2.94. The van der Waals surface area contributed by atoms with Gasteiger partial charge in [0.05, 0.1) is 16.5 Å². The first-order valence-electron chi connectivity index (χ1n) is 6.69. The van der Waals surface area contributed by atoms with Gasteiger partial charge in [-0.05, 0) is 51.8 Å². The molecule has 2 aromatic rings. The van der Waals surface area contributed by atoms with Gasteiger partial charge >= 0.3 is 0 Å². The van der Waals surface area contributed by atoms with Crippen LogP contribution in [0.3, 0.4) is 0 Å². The van der Waals surface area contributed by atoms with Gasteiger partial charge < -0.3 is 4.74 Å². The molecule has 4 nitrogen and oxygen atoms in total. The van der Waals surface area contributed by atoms with E-state index in [9.17, 15) is 8.42 Å². The van der Waals surface area contributed by atoms with Gasteiger partial charge in [0, 0.05) is 23.1 Å². The van der Waals surface area contributed by atoms with E-state index in [4.69, 9.17) is 27.9 Å². The fraction of sp³-hybridized carbons (Fsp3) is 0.286. The zero-order valence-corrected chi connectivity index (χ0v) is 16.4. The third-order valence-corrected chi connectivity index (χ3v) is 7.82. The highest BCUT2D eigenvalue weighted by atomic mass is 79.9. The van der Waals surface area contributed by atoms with Crippen LogP contribution < -0.4 is 0 Å². The fourth-order valence-corrected chi connectivity index (χ4v) is 6.50. The van der Waals surface area contributed by atoms with E-state index in [1.54, 1.807) is 30.3 Å². The number of benzene rings is 1. The lowest BCUT2D eigenvalue weighted by Gasteiger charge is -2.32. The van der Waals surface area contributed by atoms with E-state index in [1.165, 1.54) is 15.6 Å². The number of halogens is 3. The molecule has 1 atom stereocenters. The normalized spacial score (nSPS) is 19.9. The van der Waals surface area contributed by atoms with Crippen LogP contribution in [0.1, 0.15) is 11.7 Å². The Morgan fingerprint density at radius 1 is 1.22 bits per heavy atom. The number of hydrogen-bond donors (Lipinski definition) is 0. The quantitative estimate of drug-likeness (QED) is 0.678. The van der Waals surface area contributed by atoms with Crippen LogP contribution in [0.5, 0.6) is 0 Å². The SMILES string of the molecule is O=S(=O)(c1ccc(Br)s1)N1CCO[C@H](c2cc(Cl)cc(Cl)c2)C1. The van der Waals surface area contributed by atoms with E-state index in [-0.39, 0.29) is 6.54 Å². The number of morpholine rings is 1. The van der Waals surface area contributed by atoms with Crippen LogP contribution in [0.4, 0.5) is 0 Å². The van der Waals surface area contributed by atoms with Crippen molar-refractivity contribution in [2.24, 2.45) is 0 Å². The molecule has 9 heteroatoms. The Morgan fingerprint density at radius 2 is 1.91 bits per heavy atom. The van der Waals surface area contributed by atoms with Crippen molar-refractivity contribution in [3.8, 4) is 0 Å². The van der Waals surface area contributed by atoms with Crippen LogP contribution in [0, 0.1) is 0 Å². The molecule has 1 aliphatic rings. The molecule has 1 aliphatic heterocycles. The number of rotatable bonds is 3. The summed E-state index contributed by atoms with van der Waals surface area (Å²) < 4.78 is 33.7. The maximum absolute atomic E-state index is 12.7. The van der Waals surface area contributed by atoms with Gasteiger partial charge in [-0.15, -0.1) is 11.3 Å². The molecule has 0 saturated carbocycles. The zero-order valence-electron chi connectivity index (χ0n) is 11.7. The van der Waals surface area contributed by atoms with Crippen LogP contribution in [-0.2, 0) is 14.8 Å². The van der Waals surface area contributed by atoms with Crippen molar-refractivity contribution in [1.29, 1.82) is 0 Å². The van der Waals surface area contributed by atoms with Crippen molar-refractivity contribution >= 4 is 60.5 Å². The van der Waals surface area contributed by atoms with E-state index >= 15 is 0 Å². The molecule has 3 rings (SSSR count). The Morgan fingerprint density at radius 3 is 2.52 bits per heavy atom. The van der Waals surface area contributed by atoms with E-state index in [0.29, 0.717) is 27.4 Å². The number of hydrogen-bond acceptors (Lipinski definition) is 4. The molecule has 0 unspecified atom stereocenters. The first kappa shape index (κ1) is 17.7. The topological polar surface area (TPSA) is 46.6 Å². The average molecular weight is 457 g/mol. The van der Waals surface area contributed by atoms with Crippen molar-refractivity contribution in [3.05, 3.63) is 49.7 Å². The largest absolute Gasteiger partial charge is 0.371 e. The van der Waals surface area contributed by atoms with Gasteiger partial charge in [0.1, 0.15) is 4.21 Å². The van der Waals surface area contributed by atoms with Crippen LogP contribution in [0.2, 0.25) is 10.0 Å². The first-order chi connectivity index (χ1) is 10.9. The fourth-order valence-electron chi connectivity index (χ4n) is 2.37. The summed E-state index contributed by atoms with van der Waals surface area (Å²) in [5, 5.41) is 0.997. The number of ether oxygens (including phenoxy) is 1. The first-order valence-corrected chi connectivity index (χ1v) is 10.5. The lowest BCUT2D eigenvalue weighted by molar-refractivity contribution is -0.00249. The lowest BCUT2D eigenvalue weighted by atomic mass is 10.1. The van der Waals surface area contributed by atoms with Crippen LogP contribution >= 0.6 is 50.5 Å². The predicted octanol–water partition coefficient (Wildman–Crippen LogP) is 4.58. The molecule has 1 aromatic carbocycles. The lowest BCUT2D eigenvalue weighted by Crippen LogP contribution is -2.41. The third kappa shape index (κ3) is 3.92. The maximum atomic E-state index is 12.7. The molecule has 0 radical (unpaired) electrons. The molecular weight excluding hydrogens is 445 g/mol. The minimum absolute atomic E-state index is 0.231. The second-order valence-corrected chi connectivity index (χ2v) is 10.5. The van der Waals surface area contributed by atoms with Gasteiger partial charge in [-0.3, -0.25) is 0 Å². The van der Waals surface area contributed by atoms with Gasteiger partial charge in [-0.2, -0.15) is 4.31 Å². The summed E-state index contributed by atoms with van der Waals surface area (Å²) in [7, 11) is -3.53. The van der Waals surface area contributed by atoms with E-state index in [2.05, 4.69) is 15.9 Å². The highest BCUT2D eigenvalue weighted by Crippen LogP contribution is 2.33. The smallest absolute Gasteiger partial charge is 0.252 e. The Hall–Kier alpha value is -0.150. The van der Waals surface area contributed by atoms with Gasteiger partial charge in [-0.25, -0.2) is 8.42 Å². The Labute approximate surface area is 157 Å². The van der Waals surface area contributed by atoms with Crippen LogP contribution in [0.15, 0.2) is 38.3 Å². The second kappa shape index (κ2) is 7.00. The molecule has 0 spiro atoms. The highest BCUT2D eigenvalue weighted by molar-refractivity contribution is 9.11. The summed E-state index contributed by atoms with van der Waals surface area (Å²) in [6.07, 6.45) is -0.391. The summed E-state index contributed by atoms with van der Waals surface area (Å²) in [5.74, 6) is 0. The molecule has 124 valence electrons. The third-order valence-electron chi connectivity index (χ3n) is 3.43. The minimum atomic E-state index is -3.53. The summed E-state index contributed by atoms with van der Waals surface area (Å²) in [6.45, 7) is 0.873. The van der Waals surface area contributed by atoms with Crippen LogP contribution in [0.25, 0.3) is 0 Å². The van der Waals surface area contributed by atoms with Crippen molar-refractivity contribution in [1.82, 2.24) is 4.31 Å². The number of sulfonamides is 1. The number of thiophene rings is 1. The van der Waals surface area contributed by atoms with Crippen molar-refractivity contribution in [2.75, 3.05) is 19.7 Å². The van der Waals surface area contributed by atoms with E-state index in [1.807, 2.05) is 0 Å². The van der Waals surface area contributed by atoms with Gasteiger partial charge in [0.2, 0.25) is 0 Å². The van der Waals surface area contributed by atoms with Gasteiger partial charge in [-0.1, -0.05) is 23.2 Å². The number of nitrogens with zero attached hydrogens (tertiary/aromatic N) is 1. The van der Waals surface area contributed by atoms with Gasteiger partial charge in [0.25, 0.3) is 10.0 Å². The highest BCUT2D eigenvalue weighted by Gasteiger charge is 2.32. The summed E-state index contributed by atoms with van der Waals surface area (Å²) in [4.78, 5) is 0. The van der Waals surface area contributed by atoms with Crippen molar-refractivity contribution in [2.45, 2.75) is 10.3 Å². The van der Waals surface area contributed by atoms with Crippen molar-refractivity contribution in [3.63, 3.8) is 0 Å². The second-order valence-electron chi connectivity index (χ2n) is 4.98. The molecule has 1 aromatic heterocycles. The molecule has 2 heterocycles. The van der Waals surface area contributed by atoms with Crippen molar-refractivity contribution < 1.29 is 13.2 Å². The maximum Gasteiger partial charge on any atom is 0.252 e. The molecule has 0 N–H and O–H groups in total. The monoisotopic (exact) mass is 455 g/mol. The van der Waals surface area contributed by atoms with E-state index < -0.39 is 16.1 Å². The Bertz CT molecular complexity index is 805. The molecule has 0 aliphatic carbocycles. The van der Waals surface area contributed by atoms with Gasteiger partial charge in [0.15, 0.2) is 0 Å². The zero-order chi connectivity index (χ0) is 16.6. The molecule has 0 amide bonds. The predicted molar refractivity (Wildman–Crippen MR) is 95.9 cm³/mol. The van der Waals surface area contributed by atoms with Crippen LogP contribution in [-0.4, -0.2) is 32.4 Å². The standard InChI is InChI=1S/C14H12BrCl2NO3S2/c15-13-1-2-14(22-13)23(19,20)18-3-4-21-12(8-18)9-5-10(16)7-11(17)6-9/h1-2,5-7,12H,3-4,8H2/t12-/m0/s1.